The molecule has 0 fully saturated rings. The van der Waals surface area contributed by atoms with Crippen molar-refractivity contribution in [2.75, 3.05) is 12.3 Å². The minimum absolute atomic E-state index is 0.0377. The summed E-state index contributed by atoms with van der Waals surface area (Å²) in [4.78, 5) is 8.43. The molecule has 0 saturated carbocycles. The van der Waals surface area contributed by atoms with E-state index < -0.39 is 38.2 Å². The molecule has 3 rings (SSSR count). The fourth-order valence-corrected chi connectivity index (χ4v) is 2.46. The van der Waals surface area contributed by atoms with Crippen LogP contribution >= 0.6 is 0 Å². The Hall–Kier alpha value is -2.18. The van der Waals surface area contributed by atoms with E-state index in [9.17, 15) is 5.11 Å². The summed E-state index contributed by atoms with van der Waals surface area (Å²) in [6, 6.07) is 6.64. The molecule has 23 heavy (non-hydrogen) atoms. The Balaban J connectivity index is 2.45. The van der Waals surface area contributed by atoms with Gasteiger partial charge in [0.25, 0.3) is 0 Å². The van der Waals surface area contributed by atoms with Gasteiger partial charge in [0, 0.05) is 20.2 Å². The molecule has 3 aromatic rings. The van der Waals surface area contributed by atoms with Crippen LogP contribution in [0.15, 0.2) is 24.3 Å². The summed E-state index contributed by atoms with van der Waals surface area (Å²) in [5.41, 5.74) is 3.41. The summed E-state index contributed by atoms with van der Waals surface area (Å²) < 4.78 is 68.9. The monoisotopic (exact) mass is 322 g/mol. The highest BCUT2D eigenvalue weighted by Crippen LogP contribution is 2.30. The second kappa shape index (κ2) is 5.79. The highest BCUT2D eigenvalue weighted by molar-refractivity contribution is 6.06. The number of nitrogens with two attached hydrogens (primary N) is 1. The first kappa shape index (κ1) is 8.61. The molecular formula is C17H22N4O2. The number of hydrogen-bond acceptors (Lipinski definition) is 5. The molecule has 3 N–H and O–H groups in total. The van der Waals surface area contributed by atoms with Crippen LogP contribution in [0.2, 0.25) is 0 Å². The van der Waals surface area contributed by atoms with Crippen molar-refractivity contribution in [3.63, 3.8) is 0 Å². The zero-order valence-electron chi connectivity index (χ0n) is 20.5. The number of imidazole rings is 1. The van der Waals surface area contributed by atoms with Crippen LogP contribution in [0, 0.1) is 0 Å². The van der Waals surface area contributed by atoms with Gasteiger partial charge in [-0.1, -0.05) is 18.2 Å². The normalized spacial score (nSPS) is 19.2. The summed E-state index contributed by atoms with van der Waals surface area (Å²) in [6.45, 7) is -8.68. The van der Waals surface area contributed by atoms with E-state index in [1.807, 2.05) is 0 Å². The molecule has 6 heteroatoms. The average Bonchev–Trinajstić information content (AvgIpc) is 3.01. The number of benzene rings is 1. The van der Waals surface area contributed by atoms with Gasteiger partial charge in [-0.15, -0.1) is 0 Å². The number of aromatic nitrogens is 3. The first-order valence-electron chi connectivity index (χ1n) is 11.1. The van der Waals surface area contributed by atoms with Crippen molar-refractivity contribution in [1.82, 2.24) is 14.5 Å². The zero-order chi connectivity index (χ0) is 23.4. The molecule has 0 bridgehead atoms. The summed E-state index contributed by atoms with van der Waals surface area (Å²) in [6.07, 6.45) is 0. The standard InChI is InChI=1S/C17H22N4O2/c1-4-23-9-13-20-14-15(21(13)10-17(2,3)22)11-7-5-6-8-12(11)19-16(14)18/h5-8,22H,4,9-10H2,1-3H3,(H2,18,19)/i2D3,3D3,9D2. The van der Waals surface area contributed by atoms with Gasteiger partial charge in [0.15, 0.2) is 5.82 Å². The lowest BCUT2D eigenvalue weighted by atomic mass is 10.1. The van der Waals surface area contributed by atoms with E-state index in [0.717, 1.165) is 4.57 Å². The molecule has 2 heterocycles. The van der Waals surface area contributed by atoms with Crippen molar-refractivity contribution in [1.29, 1.82) is 0 Å². The number of ether oxygens (including phenoxy) is 1. The molecule has 0 spiro atoms. The molecule has 0 aliphatic carbocycles. The number of nitrogen functional groups attached to an aromatic ring is 1. The van der Waals surface area contributed by atoms with Crippen LogP contribution in [-0.2, 0) is 17.8 Å². The van der Waals surface area contributed by atoms with Crippen LogP contribution in [-0.4, -0.2) is 31.8 Å². The Kier molecular flexibility index (Phi) is 2.17. The number of anilines is 1. The van der Waals surface area contributed by atoms with E-state index in [0.29, 0.717) is 10.9 Å². The van der Waals surface area contributed by atoms with Crippen LogP contribution < -0.4 is 5.73 Å². The molecule has 0 saturated heterocycles. The Morgan fingerprint density at radius 3 is 2.91 bits per heavy atom. The molecule has 2 aromatic heterocycles. The lowest BCUT2D eigenvalue weighted by Gasteiger charge is -2.20. The maximum absolute atomic E-state index is 10.9. The molecule has 0 atom stereocenters. The summed E-state index contributed by atoms with van der Waals surface area (Å²) >= 11 is 0. The molecule has 6 nitrogen and oxygen atoms in total. The third-order valence-electron chi connectivity index (χ3n) is 3.31. The van der Waals surface area contributed by atoms with Gasteiger partial charge in [-0.2, -0.15) is 0 Å². The number of rotatable bonds is 5. The average molecular weight is 322 g/mol. The minimum Gasteiger partial charge on any atom is -0.389 e. The van der Waals surface area contributed by atoms with Gasteiger partial charge in [-0.05, 0) is 26.7 Å². The predicted octanol–water partition coefficient (Wildman–Crippen LogP) is 2.47. The van der Waals surface area contributed by atoms with Gasteiger partial charge >= 0.3 is 0 Å². The number of fused-ring (bicyclic) bond motifs is 3. The first-order valence-corrected chi connectivity index (χ1v) is 7.05. The molecular weight excluding hydrogens is 292 g/mol. The molecule has 1 aromatic carbocycles. The van der Waals surface area contributed by atoms with E-state index >= 15 is 0 Å². The largest absolute Gasteiger partial charge is 0.389 e. The second-order valence-corrected chi connectivity index (χ2v) is 5.13. The Morgan fingerprint density at radius 2 is 2.17 bits per heavy atom. The number of nitrogens with zero attached hydrogens (tertiary/aromatic N) is 3. The number of hydrogen-bond donors (Lipinski definition) is 2. The molecule has 0 unspecified atom stereocenters. The van der Waals surface area contributed by atoms with Gasteiger partial charge in [0.05, 0.1) is 25.9 Å². The lowest BCUT2D eigenvalue weighted by molar-refractivity contribution is 0.0582. The lowest BCUT2D eigenvalue weighted by Crippen LogP contribution is -2.27. The van der Waals surface area contributed by atoms with E-state index in [1.165, 1.54) is 0 Å². The van der Waals surface area contributed by atoms with Crippen LogP contribution in [0.25, 0.3) is 21.9 Å². The zero-order valence-corrected chi connectivity index (χ0v) is 12.5. The van der Waals surface area contributed by atoms with Crippen molar-refractivity contribution >= 4 is 27.8 Å². The highest BCUT2D eigenvalue weighted by Gasteiger charge is 2.22. The fraction of sp³-hybridized carbons (Fsp3) is 0.412. The number of aliphatic hydroxyl groups is 1. The molecule has 122 valence electrons. The number of pyridine rings is 1. The predicted molar refractivity (Wildman–Crippen MR) is 91.1 cm³/mol. The Morgan fingerprint density at radius 1 is 1.39 bits per heavy atom. The van der Waals surface area contributed by atoms with Crippen molar-refractivity contribution < 1.29 is 20.8 Å². The fourth-order valence-electron chi connectivity index (χ4n) is 2.46. The van der Waals surface area contributed by atoms with E-state index in [4.69, 9.17) is 21.4 Å². The van der Waals surface area contributed by atoms with Crippen molar-refractivity contribution in [2.24, 2.45) is 0 Å². The third kappa shape index (κ3) is 3.00. The van der Waals surface area contributed by atoms with Crippen LogP contribution in [0.4, 0.5) is 5.82 Å². The quantitative estimate of drug-likeness (QED) is 0.753. The molecule has 0 radical (unpaired) electrons. The van der Waals surface area contributed by atoms with Gasteiger partial charge in [-0.3, -0.25) is 0 Å². The van der Waals surface area contributed by atoms with Gasteiger partial charge < -0.3 is 20.1 Å². The van der Waals surface area contributed by atoms with Gasteiger partial charge in [0.2, 0.25) is 0 Å². The Bertz CT molecular complexity index is 1110. The maximum Gasteiger partial charge on any atom is 0.152 e. The topological polar surface area (TPSA) is 86.2 Å². The van der Waals surface area contributed by atoms with Gasteiger partial charge in [-0.25, -0.2) is 9.97 Å². The Labute approximate surface area is 146 Å². The SMILES string of the molecule is [2H]C([2H])(OCC)c1nc2c(N)nc3ccccc3c2n1CC(O)(C([2H])([2H])[2H])C([2H])([2H])[2H]. The van der Waals surface area contributed by atoms with Crippen molar-refractivity contribution in [2.45, 2.75) is 39.3 Å². The molecule has 0 aliphatic rings. The van der Waals surface area contributed by atoms with Crippen LogP contribution in [0.5, 0.6) is 0 Å². The first-order chi connectivity index (χ1) is 14.1. The molecule has 0 amide bonds. The van der Waals surface area contributed by atoms with E-state index in [2.05, 4.69) is 9.97 Å². The second-order valence-electron chi connectivity index (χ2n) is 5.13. The van der Waals surface area contributed by atoms with E-state index in [-0.39, 0.29) is 23.5 Å². The summed E-state index contributed by atoms with van der Waals surface area (Å²) in [5.74, 6) is -0.492. The minimum atomic E-state index is -3.32. The van der Waals surface area contributed by atoms with Crippen molar-refractivity contribution in [3.8, 4) is 0 Å². The number of para-hydroxylation sites is 1. The van der Waals surface area contributed by atoms with Crippen LogP contribution in [0.1, 0.15) is 37.4 Å². The van der Waals surface area contributed by atoms with Crippen molar-refractivity contribution in [3.05, 3.63) is 30.1 Å². The smallest absolute Gasteiger partial charge is 0.152 e. The van der Waals surface area contributed by atoms with Gasteiger partial charge in [0.1, 0.15) is 17.9 Å². The molecule has 0 aliphatic heterocycles. The van der Waals surface area contributed by atoms with E-state index in [1.54, 1.807) is 31.2 Å². The summed E-state index contributed by atoms with van der Waals surface area (Å²) in [7, 11) is 0. The third-order valence-corrected chi connectivity index (χ3v) is 3.31. The van der Waals surface area contributed by atoms with Crippen LogP contribution in [0.3, 0.4) is 0 Å². The summed E-state index contributed by atoms with van der Waals surface area (Å²) in [5, 5.41) is 11.3. The maximum atomic E-state index is 10.9. The highest BCUT2D eigenvalue weighted by atomic mass is 16.5.